The molecule has 0 saturated carbocycles. The predicted octanol–water partition coefficient (Wildman–Crippen LogP) is 4.45. The number of benzene rings is 1. The van der Waals surface area contributed by atoms with E-state index in [-0.39, 0.29) is 21.7 Å². The zero-order valence-corrected chi connectivity index (χ0v) is 14.7. The van der Waals surface area contributed by atoms with Crippen LogP contribution in [0, 0.1) is 0 Å². The summed E-state index contributed by atoms with van der Waals surface area (Å²) in [6.45, 7) is -3.32. The first-order valence-corrected chi connectivity index (χ1v) is 8.10. The van der Waals surface area contributed by atoms with Crippen LogP contribution in [0.15, 0.2) is 41.3 Å². The Morgan fingerprint density at radius 2 is 1.90 bits per heavy atom. The SMILES string of the molecule is O=C(Nc1cc[nH]c(=O)c1Cl)c1ccc(OC(F)F)c2nc(C(F)(F)F)ccc12. The average molecular weight is 434 g/mol. The third-order valence-corrected chi connectivity index (χ3v) is 4.09. The molecule has 0 aliphatic rings. The Hall–Kier alpha value is -3.21. The lowest BCUT2D eigenvalue weighted by molar-refractivity contribution is -0.140. The van der Waals surface area contributed by atoms with Crippen LogP contribution in [0.1, 0.15) is 16.1 Å². The summed E-state index contributed by atoms with van der Waals surface area (Å²) in [6.07, 6.45) is -3.62. The molecule has 3 rings (SSSR count). The number of nitrogens with zero attached hydrogens (tertiary/aromatic N) is 1. The molecule has 0 spiro atoms. The standard InChI is InChI=1S/C17H9ClF5N3O3/c18-12-9(5-6-24-15(12)28)25-14(27)8-1-3-10(29-16(19)20)13-7(8)2-4-11(26-13)17(21,22)23/h1-6,16H,(H2,24,25,27,28). The van der Waals surface area contributed by atoms with Gasteiger partial charge in [-0.15, -0.1) is 0 Å². The molecular formula is C17H9ClF5N3O3. The van der Waals surface area contributed by atoms with Gasteiger partial charge < -0.3 is 15.0 Å². The molecule has 3 aromatic rings. The van der Waals surface area contributed by atoms with Crippen molar-refractivity contribution >= 4 is 34.1 Å². The Labute approximate surface area is 163 Å². The normalized spacial score (nSPS) is 11.7. The quantitative estimate of drug-likeness (QED) is 0.595. The minimum atomic E-state index is -4.84. The first-order valence-electron chi connectivity index (χ1n) is 7.72. The second-order valence-electron chi connectivity index (χ2n) is 5.57. The molecule has 0 fully saturated rings. The topological polar surface area (TPSA) is 84.1 Å². The zero-order valence-electron chi connectivity index (χ0n) is 14.0. The lowest BCUT2D eigenvalue weighted by Crippen LogP contribution is -2.17. The highest BCUT2D eigenvalue weighted by atomic mass is 35.5. The van der Waals surface area contributed by atoms with Gasteiger partial charge in [-0.05, 0) is 30.3 Å². The van der Waals surface area contributed by atoms with Gasteiger partial charge in [0, 0.05) is 17.1 Å². The fourth-order valence-corrected chi connectivity index (χ4v) is 2.65. The van der Waals surface area contributed by atoms with Crippen molar-refractivity contribution < 1.29 is 31.5 Å². The minimum absolute atomic E-state index is 0.0543. The fourth-order valence-electron chi connectivity index (χ4n) is 2.48. The number of amides is 1. The van der Waals surface area contributed by atoms with E-state index in [1.165, 1.54) is 12.3 Å². The number of alkyl halides is 5. The Balaban J connectivity index is 2.11. The molecule has 0 saturated heterocycles. The van der Waals surface area contributed by atoms with Crippen molar-refractivity contribution in [2.75, 3.05) is 5.32 Å². The maximum atomic E-state index is 13.0. The lowest BCUT2D eigenvalue weighted by Gasteiger charge is -2.14. The number of halogens is 6. The molecule has 0 atom stereocenters. The average Bonchev–Trinajstić information content (AvgIpc) is 2.64. The van der Waals surface area contributed by atoms with Crippen LogP contribution in [-0.4, -0.2) is 22.5 Å². The van der Waals surface area contributed by atoms with E-state index in [1.54, 1.807) is 0 Å². The summed E-state index contributed by atoms with van der Waals surface area (Å²) in [4.78, 5) is 29.7. The summed E-state index contributed by atoms with van der Waals surface area (Å²) < 4.78 is 68.3. The number of carbonyl (C=O) groups excluding carboxylic acids is 1. The van der Waals surface area contributed by atoms with Crippen molar-refractivity contribution in [1.29, 1.82) is 0 Å². The van der Waals surface area contributed by atoms with Crippen molar-refractivity contribution in [2.45, 2.75) is 12.8 Å². The van der Waals surface area contributed by atoms with Crippen LogP contribution in [0.3, 0.4) is 0 Å². The third-order valence-electron chi connectivity index (χ3n) is 3.72. The number of aromatic amines is 1. The van der Waals surface area contributed by atoms with Crippen LogP contribution in [-0.2, 0) is 6.18 Å². The molecule has 1 aromatic carbocycles. The molecule has 0 aliphatic carbocycles. The van der Waals surface area contributed by atoms with Crippen molar-refractivity contribution in [1.82, 2.24) is 9.97 Å². The predicted molar refractivity (Wildman–Crippen MR) is 93.4 cm³/mol. The molecule has 0 radical (unpaired) electrons. The molecule has 2 heterocycles. The summed E-state index contributed by atoms with van der Waals surface area (Å²) in [6, 6.07) is 4.78. The van der Waals surface area contributed by atoms with Crippen LogP contribution < -0.4 is 15.6 Å². The Kier molecular flexibility index (Phi) is 5.42. The van der Waals surface area contributed by atoms with Gasteiger partial charge in [0.15, 0.2) is 5.75 Å². The third kappa shape index (κ3) is 4.29. The molecule has 1 amide bonds. The molecule has 152 valence electrons. The Morgan fingerprint density at radius 1 is 1.17 bits per heavy atom. The molecule has 29 heavy (non-hydrogen) atoms. The van der Waals surface area contributed by atoms with Crippen molar-refractivity contribution in [3.63, 3.8) is 0 Å². The number of hydrogen-bond donors (Lipinski definition) is 2. The number of rotatable bonds is 4. The van der Waals surface area contributed by atoms with Crippen molar-refractivity contribution in [3.05, 3.63) is 63.2 Å². The van der Waals surface area contributed by atoms with Gasteiger partial charge in [-0.1, -0.05) is 11.6 Å². The number of nitrogens with one attached hydrogen (secondary N) is 2. The summed E-state index contributed by atoms with van der Waals surface area (Å²) in [5.41, 5.74) is -2.85. The van der Waals surface area contributed by atoms with E-state index in [1.807, 2.05) is 0 Å². The number of pyridine rings is 2. The van der Waals surface area contributed by atoms with Gasteiger partial charge in [0.2, 0.25) is 0 Å². The number of hydrogen-bond acceptors (Lipinski definition) is 4. The molecule has 12 heteroatoms. The maximum absolute atomic E-state index is 13.0. The first kappa shape index (κ1) is 20.5. The molecular weight excluding hydrogens is 425 g/mol. The number of carbonyl (C=O) groups is 1. The monoisotopic (exact) mass is 433 g/mol. The second-order valence-corrected chi connectivity index (χ2v) is 5.95. The van der Waals surface area contributed by atoms with Crippen molar-refractivity contribution in [2.24, 2.45) is 0 Å². The van der Waals surface area contributed by atoms with E-state index < -0.39 is 41.2 Å². The van der Waals surface area contributed by atoms with Crippen LogP contribution >= 0.6 is 11.6 Å². The van der Waals surface area contributed by atoms with E-state index in [0.717, 1.165) is 18.2 Å². The first-order chi connectivity index (χ1) is 13.6. The van der Waals surface area contributed by atoms with Gasteiger partial charge in [0.1, 0.15) is 16.2 Å². The van der Waals surface area contributed by atoms with E-state index in [4.69, 9.17) is 11.6 Å². The van der Waals surface area contributed by atoms with E-state index >= 15 is 0 Å². The van der Waals surface area contributed by atoms with E-state index in [9.17, 15) is 31.5 Å². The number of fused-ring (bicyclic) bond motifs is 1. The maximum Gasteiger partial charge on any atom is 0.433 e. The molecule has 0 unspecified atom stereocenters. The molecule has 0 bridgehead atoms. The fraction of sp³-hybridized carbons (Fsp3) is 0.118. The lowest BCUT2D eigenvalue weighted by atomic mass is 10.1. The van der Waals surface area contributed by atoms with Gasteiger partial charge in [0.25, 0.3) is 11.5 Å². The van der Waals surface area contributed by atoms with Crippen LogP contribution in [0.2, 0.25) is 5.02 Å². The Morgan fingerprint density at radius 3 is 2.55 bits per heavy atom. The van der Waals surface area contributed by atoms with Gasteiger partial charge in [-0.25, -0.2) is 4.98 Å². The summed E-state index contributed by atoms with van der Waals surface area (Å²) in [5.74, 6) is -1.49. The van der Waals surface area contributed by atoms with Gasteiger partial charge in [-0.2, -0.15) is 22.0 Å². The number of anilines is 1. The minimum Gasteiger partial charge on any atom is -0.432 e. The smallest absolute Gasteiger partial charge is 0.432 e. The number of aromatic nitrogens is 2. The summed E-state index contributed by atoms with van der Waals surface area (Å²) in [7, 11) is 0. The van der Waals surface area contributed by atoms with Crippen LogP contribution in [0.25, 0.3) is 10.9 Å². The van der Waals surface area contributed by atoms with Crippen molar-refractivity contribution in [3.8, 4) is 5.75 Å². The Bertz CT molecular complexity index is 1150. The highest BCUT2D eigenvalue weighted by Crippen LogP contribution is 2.34. The zero-order chi connectivity index (χ0) is 21.3. The summed E-state index contributed by atoms with van der Waals surface area (Å²) >= 11 is 5.80. The largest absolute Gasteiger partial charge is 0.433 e. The summed E-state index contributed by atoms with van der Waals surface area (Å²) in [5, 5.41) is 1.84. The van der Waals surface area contributed by atoms with Crippen LogP contribution in [0.5, 0.6) is 5.75 Å². The molecule has 0 aliphatic heterocycles. The van der Waals surface area contributed by atoms with Gasteiger partial charge in [-0.3, -0.25) is 9.59 Å². The molecule has 2 N–H and O–H groups in total. The van der Waals surface area contributed by atoms with E-state index in [2.05, 4.69) is 20.0 Å². The van der Waals surface area contributed by atoms with Crippen LogP contribution in [0.4, 0.5) is 27.6 Å². The highest BCUT2D eigenvalue weighted by Gasteiger charge is 2.33. The highest BCUT2D eigenvalue weighted by molar-refractivity contribution is 6.33. The molecule has 6 nitrogen and oxygen atoms in total. The van der Waals surface area contributed by atoms with E-state index in [0.29, 0.717) is 6.07 Å². The van der Waals surface area contributed by atoms with Gasteiger partial charge in [0.05, 0.1) is 5.69 Å². The number of ether oxygens (including phenoxy) is 1. The van der Waals surface area contributed by atoms with Gasteiger partial charge >= 0.3 is 12.8 Å². The number of H-pyrrole nitrogens is 1. The molecule has 2 aromatic heterocycles. The second kappa shape index (κ2) is 7.66.